The Morgan fingerprint density at radius 2 is 1.93 bits per heavy atom. The number of nitrogens with zero attached hydrogens (tertiary/aromatic N) is 3. The molecule has 0 spiro atoms. The number of rotatable bonds is 7. The van der Waals surface area contributed by atoms with Gasteiger partial charge in [-0.2, -0.15) is 0 Å². The largest absolute Gasteiger partial charge is 0.379 e. The fourth-order valence-corrected chi connectivity index (χ4v) is 4.37. The number of hydrogen-bond acceptors (Lipinski definition) is 4. The molecule has 2 unspecified atom stereocenters. The van der Waals surface area contributed by atoms with Crippen LogP contribution in [0, 0.1) is 5.82 Å². The average Bonchev–Trinajstić information content (AvgIpc) is 2.78. The van der Waals surface area contributed by atoms with Gasteiger partial charge < -0.3 is 15.4 Å². The highest BCUT2D eigenvalue weighted by atomic mass is 19.1. The van der Waals surface area contributed by atoms with Crippen LogP contribution in [-0.2, 0) is 4.74 Å². The van der Waals surface area contributed by atoms with Gasteiger partial charge in [0.15, 0.2) is 5.96 Å². The maximum atomic E-state index is 13.4. The number of nitrogens with one attached hydrogen (secondary N) is 2. The summed E-state index contributed by atoms with van der Waals surface area (Å²) in [5, 5.41) is 7.01. The predicted molar refractivity (Wildman–Crippen MR) is 116 cm³/mol. The quantitative estimate of drug-likeness (QED) is 0.538. The first-order valence-corrected chi connectivity index (χ1v) is 11.0. The van der Waals surface area contributed by atoms with Crippen LogP contribution in [0.4, 0.5) is 4.39 Å². The zero-order valence-corrected chi connectivity index (χ0v) is 17.9. The Morgan fingerprint density at radius 1 is 1.17 bits per heavy atom. The second-order valence-electron chi connectivity index (χ2n) is 7.83. The molecule has 1 aromatic carbocycles. The van der Waals surface area contributed by atoms with Crippen molar-refractivity contribution >= 4 is 5.96 Å². The lowest BCUT2D eigenvalue weighted by Gasteiger charge is -2.36. The third-order valence-corrected chi connectivity index (χ3v) is 6.09. The van der Waals surface area contributed by atoms with Crippen molar-refractivity contribution in [3.8, 4) is 0 Å². The van der Waals surface area contributed by atoms with E-state index in [4.69, 9.17) is 4.74 Å². The van der Waals surface area contributed by atoms with Gasteiger partial charge in [0.2, 0.25) is 0 Å². The Morgan fingerprint density at radius 3 is 2.62 bits per heavy atom. The summed E-state index contributed by atoms with van der Waals surface area (Å²) in [4.78, 5) is 9.38. The Balaban J connectivity index is 1.58. The zero-order chi connectivity index (χ0) is 20.5. The summed E-state index contributed by atoms with van der Waals surface area (Å²) in [5.41, 5.74) is 1.11. The molecular formula is C22H36FN5O. The van der Waals surface area contributed by atoms with E-state index in [2.05, 4.69) is 32.3 Å². The maximum Gasteiger partial charge on any atom is 0.191 e. The van der Waals surface area contributed by atoms with E-state index in [1.807, 2.05) is 19.2 Å². The molecule has 2 fully saturated rings. The van der Waals surface area contributed by atoms with Crippen molar-refractivity contribution in [3.05, 3.63) is 35.6 Å². The van der Waals surface area contributed by atoms with Gasteiger partial charge in [0.1, 0.15) is 5.82 Å². The van der Waals surface area contributed by atoms with Crippen molar-refractivity contribution in [1.29, 1.82) is 0 Å². The molecule has 3 rings (SSSR count). The molecule has 2 atom stereocenters. The molecule has 0 aliphatic carbocycles. The smallest absolute Gasteiger partial charge is 0.191 e. The summed E-state index contributed by atoms with van der Waals surface area (Å²) < 4.78 is 18.9. The molecule has 1 aromatic rings. The van der Waals surface area contributed by atoms with Gasteiger partial charge in [-0.25, -0.2) is 4.39 Å². The number of guanidine groups is 1. The van der Waals surface area contributed by atoms with E-state index in [0.29, 0.717) is 12.6 Å². The van der Waals surface area contributed by atoms with Crippen molar-refractivity contribution in [3.63, 3.8) is 0 Å². The van der Waals surface area contributed by atoms with Crippen LogP contribution < -0.4 is 10.6 Å². The Kier molecular flexibility index (Phi) is 8.70. The fraction of sp³-hybridized carbons (Fsp3) is 0.682. The number of likely N-dealkylation sites (tertiary alicyclic amines) is 1. The van der Waals surface area contributed by atoms with Crippen LogP contribution in [0.15, 0.2) is 29.3 Å². The molecule has 0 saturated carbocycles. The summed E-state index contributed by atoms with van der Waals surface area (Å²) in [7, 11) is 1.81. The zero-order valence-electron chi connectivity index (χ0n) is 17.9. The molecule has 2 aliphatic heterocycles. The van der Waals surface area contributed by atoms with Crippen LogP contribution in [0.3, 0.4) is 0 Å². The average molecular weight is 406 g/mol. The normalized spacial score (nSPS) is 23.0. The van der Waals surface area contributed by atoms with Crippen LogP contribution >= 0.6 is 0 Å². The van der Waals surface area contributed by atoms with Crippen LogP contribution in [0.2, 0.25) is 0 Å². The first-order chi connectivity index (χ1) is 14.2. The lowest BCUT2D eigenvalue weighted by atomic mass is 10.0. The lowest BCUT2D eigenvalue weighted by Crippen LogP contribution is -2.50. The van der Waals surface area contributed by atoms with Gasteiger partial charge in [0.25, 0.3) is 0 Å². The van der Waals surface area contributed by atoms with Crippen molar-refractivity contribution < 1.29 is 9.13 Å². The molecule has 29 heavy (non-hydrogen) atoms. The third kappa shape index (κ3) is 6.39. The van der Waals surface area contributed by atoms with E-state index < -0.39 is 0 Å². The highest BCUT2D eigenvalue weighted by Crippen LogP contribution is 2.22. The van der Waals surface area contributed by atoms with Gasteiger partial charge in [-0.15, -0.1) is 0 Å². The minimum atomic E-state index is -0.201. The van der Waals surface area contributed by atoms with Crippen molar-refractivity contribution in [1.82, 2.24) is 20.4 Å². The number of ether oxygens (including phenoxy) is 1. The first kappa shape index (κ1) is 22.0. The van der Waals surface area contributed by atoms with Crippen LogP contribution in [0.1, 0.15) is 37.8 Å². The van der Waals surface area contributed by atoms with Crippen LogP contribution in [0.5, 0.6) is 0 Å². The number of morpholine rings is 1. The topological polar surface area (TPSA) is 52.1 Å². The maximum absolute atomic E-state index is 13.4. The van der Waals surface area contributed by atoms with E-state index in [9.17, 15) is 4.39 Å². The molecule has 0 bridgehead atoms. The molecule has 2 N–H and O–H groups in total. The summed E-state index contributed by atoms with van der Waals surface area (Å²) in [6.45, 7) is 9.38. The molecule has 0 aromatic heterocycles. The molecular weight excluding hydrogens is 369 g/mol. The highest BCUT2D eigenvalue weighted by Gasteiger charge is 2.24. The lowest BCUT2D eigenvalue weighted by molar-refractivity contribution is 0.0170. The van der Waals surface area contributed by atoms with Crippen molar-refractivity contribution in [2.75, 3.05) is 59.5 Å². The molecule has 2 saturated heterocycles. The molecule has 162 valence electrons. The highest BCUT2D eigenvalue weighted by molar-refractivity contribution is 5.79. The van der Waals surface area contributed by atoms with Crippen LogP contribution in [-0.4, -0.2) is 81.3 Å². The van der Waals surface area contributed by atoms with E-state index in [1.54, 1.807) is 0 Å². The second-order valence-corrected chi connectivity index (χ2v) is 7.83. The first-order valence-electron chi connectivity index (χ1n) is 11.0. The summed E-state index contributed by atoms with van der Waals surface area (Å²) in [6, 6.07) is 7.57. The number of halogens is 1. The Hall–Kier alpha value is -1.70. The fourth-order valence-electron chi connectivity index (χ4n) is 4.37. The van der Waals surface area contributed by atoms with E-state index in [0.717, 1.165) is 50.9 Å². The minimum absolute atomic E-state index is 0.153. The molecule has 2 heterocycles. The number of likely N-dealkylation sites (N-methyl/N-ethyl adjacent to an activating group) is 1. The van der Waals surface area contributed by atoms with Gasteiger partial charge in [-0.3, -0.25) is 14.8 Å². The predicted octanol–water partition coefficient (Wildman–Crippen LogP) is 2.24. The summed E-state index contributed by atoms with van der Waals surface area (Å²) >= 11 is 0. The standard InChI is InChI=1S/C22H36FN5O/c1-3-27-11-5-4-6-20(27)16-25-22(24-2)26-17-21(28-12-14-29-15-13-28)18-7-9-19(23)10-8-18/h7-10,20-21H,3-6,11-17H2,1-2H3,(H2,24,25,26). The number of piperidine rings is 1. The van der Waals surface area contributed by atoms with E-state index >= 15 is 0 Å². The summed E-state index contributed by atoms with van der Waals surface area (Å²) in [5.74, 6) is 0.625. The van der Waals surface area contributed by atoms with Gasteiger partial charge in [0.05, 0.1) is 19.3 Å². The number of benzene rings is 1. The number of aliphatic imine (C=N–C) groups is 1. The molecule has 0 amide bonds. The van der Waals surface area contributed by atoms with E-state index in [1.165, 1.54) is 37.9 Å². The van der Waals surface area contributed by atoms with Crippen molar-refractivity contribution in [2.45, 2.75) is 38.3 Å². The second kappa shape index (κ2) is 11.5. The van der Waals surface area contributed by atoms with Gasteiger partial charge in [-0.05, 0) is 43.6 Å². The molecule has 0 radical (unpaired) electrons. The Bertz CT molecular complexity index is 633. The Labute approximate surface area is 174 Å². The molecule has 6 nitrogen and oxygen atoms in total. The SMILES string of the molecule is CCN1CCCCC1CNC(=NC)NCC(c1ccc(F)cc1)N1CCOCC1. The monoisotopic (exact) mass is 405 g/mol. The van der Waals surface area contributed by atoms with Gasteiger partial charge >= 0.3 is 0 Å². The number of hydrogen-bond donors (Lipinski definition) is 2. The van der Waals surface area contributed by atoms with E-state index in [-0.39, 0.29) is 11.9 Å². The summed E-state index contributed by atoms with van der Waals surface area (Å²) in [6.07, 6.45) is 3.85. The van der Waals surface area contributed by atoms with Gasteiger partial charge in [-0.1, -0.05) is 25.5 Å². The van der Waals surface area contributed by atoms with Crippen LogP contribution in [0.25, 0.3) is 0 Å². The minimum Gasteiger partial charge on any atom is -0.379 e. The molecule has 7 heteroatoms. The molecule has 2 aliphatic rings. The third-order valence-electron chi connectivity index (χ3n) is 6.09. The van der Waals surface area contributed by atoms with Gasteiger partial charge in [0, 0.05) is 39.3 Å². The van der Waals surface area contributed by atoms with Crippen molar-refractivity contribution in [2.24, 2.45) is 4.99 Å².